The number of methoxy groups -OCH3 is 1. The lowest BCUT2D eigenvalue weighted by Gasteiger charge is -2.34. The van der Waals surface area contributed by atoms with E-state index in [0.29, 0.717) is 5.92 Å². The number of hydrogen-bond donors (Lipinski definition) is 1. The Morgan fingerprint density at radius 3 is 2.80 bits per heavy atom. The van der Waals surface area contributed by atoms with Gasteiger partial charge in [0.2, 0.25) is 0 Å². The smallest absolute Gasteiger partial charge is 0.133 e. The second-order valence-corrected chi connectivity index (χ2v) is 6.20. The standard InChI is InChI=1S/C17H18BrNO/c1-20-17-7-6-11(8-15(17)18)9-16(19)14-10-12-4-2-3-5-13(12)14/h2-8,14,16H,9-10,19H2,1H3. The molecule has 2 unspecified atom stereocenters. The highest BCUT2D eigenvalue weighted by Crippen LogP contribution is 2.37. The van der Waals surface area contributed by atoms with E-state index in [2.05, 4.69) is 52.3 Å². The minimum atomic E-state index is 0.171. The minimum Gasteiger partial charge on any atom is -0.496 e. The van der Waals surface area contributed by atoms with Gasteiger partial charge in [0.25, 0.3) is 0 Å². The largest absolute Gasteiger partial charge is 0.496 e. The Labute approximate surface area is 128 Å². The SMILES string of the molecule is COc1ccc(CC(N)C2Cc3ccccc32)cc1Br. The number of benzene rings is 2. The molecule has 20 heavy (non-hydrogen) atoms. The molecule has 2 atom stereocenters. The molecule has 0 spiro atoms. The molecule has 0 aromatic heterocycles. The van der Waals surface area contributed by atoms with Crippen molar-refractivity contribution in [2.45, 2.75) is 24.8 Å². The molecule has 1 aliphatic rings. The molecule has 0 amide bonds. The molecule has 0 aliphatic heterocycles. The van der Waals surface area contributed by atoms with Gasteiger partial charge in [-0.3, -0.25) is 0 Å². The maximum atomic E-state index is 6.40. The Bertz CT molecular complexity index is 626. The Hall–Kier alpha value is -1.32. The summed E-state index contributed by atoms with van der Waals surface area (Å²) < 4.78 is 6.24. The summed E-state index contributed by atoms with van der Waals surface area (Å²) in [6.45, 7) is 0. The van der Waals surface area contributed by atoms with Crippen molar-refractivity contribution >= 4 is 15.9 Å². The van der Waals surface area contributed by atoms with E-state index in [1.165, 1.54) is 16.7 Å². The number of rotatable bonds is 4. The maximum Gasteiger partial charge on any atom is 0.133 e. The average molecular weight is 332 g/mol. The van der Waals surface area contributed by atoms with Gasteiger partial charge < -0.3 is 10.5 Å². The lowest BCUT2D eigenvalue weighted by atomic mass is 9.72. The van der Waals surface area contributed by atoms with Crippen LogP contribution in [0.1, 0.15) is 22.6 Å². The van der Waals surface area contributed by atoms with Crippen LogP contribution in [0, 0.1) is 0 Å². The molecule has 0 saturated heterocycles. The summed E-state index contributed by atoms with van der Waals surface area (Å²) in [6.07, 6.45) is 2.00. The third-order valence-electron chi connectivity index (χ3n) is 4.10. The van der Waals surface area contributed by atoms with E-state index < -0.39 is 0 Å². The number of hydrogen-bond acceptors (Lipinski definition) is 2. The Morgan fingerprint density at radius 1 is 1.30 bits per heavy atom. The molecule has 0 fully saturated rings. The van der Waals surface area contributed by atoms with Gasteiger partial charge in [0.15, 0.2) is 0 Å². The van der Waals surface area contributed by atoms with Crippen molar-refractivity contribution in [3.05, 3.63) is 63.6 Å². The van der Waals surface area contributed by atoms with Crippen molar-refractivity contribution in [1.29, 1.82) is 0 Å². The number of nitrogens with two attached hydrogens (primary N) is 1. The summed E-state index contributed by atoms with van der Waals surface area (Å²) in [7, 11) is 1.68. The van der Waals surface area contributed by atoms with E-state index in [1.807, 2.05) is 6.07 Å². The van der Waals surface area contributed by atoms with Crippen LogP contribution in [0.25, 0.3) is 0 Å². The van der Waals surface area contributed by atoms with Gasteiger partial charge in [-0.2, -0.15) is 0 Å². The van der Waals surface area contributed by atoms with Gasteiger partial charge in [0.1, 0.15) is 5.75 Å². The fraction of sp³-hybridized carbons (Fsp3) is 0.294. The molecule has 2 N–H and O–H groups in total. The van der Waals surface area contributed by atoms with Crippen LogP contribution in [0.4, 0.5) is 0 Å². The fourth-order valence-corrected chi connectivity index (χ4v) is 3.52. The highest BCUT2D eigenvalue weighted by Gasteiger charge is 2.30. The third kappa shape index (κ3) is 2.48. The van der Waals surface area contributed by atoms with Crippen molar-refractivity contribution < 1.29 is 4.74 Å². The molecule has 3 rings (SSSR count). The first kappa shape index (κ1) is 13.7. The van der Waals surface area contributed by atoms with Crippen LogP contribution in [0.3, 0.4) is 0 Å². The topological polar surface area (TPSA) is 35.2 Å². The van der Waals surface area contributed by atoms with Crippen LogP contribution in [-0.4, -0.2) is 13.2 Å². The second kappa shape index (κ2) is 5.58. The van der Waals surface area contributed by atoms with Crippen molar-refractivity contribution in [3.8, 4) is 5.75 Å². The predicted molar refractivity (Wildman–Crippen MR) is 85.3 cm³/mol. The van der Waals surface area contributed by atoms with Crippen molar-refractivity contribution in [2.75, 3.05) is 7.11 Å². The van der Waals surface area contributed by atoms with Crippen molar-refractivity contribution in [1.82, 2.24) is 0 Å². The van der Waals surface area contributed by atoms with Gasteiger partial charge in [-0.25, -0.2) is 0 Å². The van der Waals surface area contributed by atoms with Gasteiger partial charge in [-0.1, -0.05) is 30.3 Å². The van der Waals surface area contributed by atoms with E-state index in [1.54, 1.807) is 7.11 Å². The monoisotopic (exact) mass is 331 g/mol. The molecule has 3 heteroatoms. The van der Waals surface area contributed by atoms with Gasteiger partial charge in [0, 0.05) is 12.0 Å². The zero-order valence-corrected chi connectivity index (χ0v) is 13.1. The minimum absolute atomic E-state index is 0.171. The normalized spacial score (nSPS) is 18.1. The zero-order chi connectivity index (χ0) is 14.1. The van der Waals surface area contributed by atoms with E-state index >= 15 is 0 Å². The van der Waals surface area contributed by atoms with Gasteiger partial charge in [0.05, 0.1) is 11.6 Å². The predicted octanol–water partition coefficient (Wildman–Crippen LogP) is 3.67. The van der Waals surface area contributed by atoms with E-state index in [9.17, 15) is 0 Å². The Balaban J connectivity index is 1.71. The Kier molecular flexibility index (Phi) is 3.81. The molecular weight excluding hydrogens is 314 g/mol. The van der Waals surface area contributed by atoms with Crippen LogP contribution in [0.5, 0.6) is 5.75 Å². The molecule has 0 bridgehead atoms. The lowest BCUT2D eigenvalue weighted by Crippen LogP contribution is -2.37. The molecule has 2 nitrogen and oxygen atoms in total. The summed E-state index contributed by atoms with van der Waals surface area (Å²) in [4.78, 5) is 0. The third-order valence-corrected chi connectivity index (χ3v) is 4.72. The number of halogens is 1. The Morgan fingerprint density at radius 2 is 2.10 bits per heavy atom. The van der Waals surface area contributed by atoms with E-state index in [0.717, 1.165) is 23.1 Å². The maximum absolute atomic E-state index is 6.40. The molecular formula is C17H18BrNO. The molecule has 104 valence electrons. The van der Waals surface area contributed by atoms with Gasteiger partial charge in [-0.15, -0.1) is 0 Å². The average Bonchev–Trinajstić information content (AvgIpc) is 2.40. The van der Waals surface area contributed by atoms with Crippen LogP contribution in [0.2, 0.25) is 0 Å². The highest BCUT2D eigenvalue weighted by atomic mass is 79.9. The van der Waals surface area contributed by atoms with Crippen LogP contribution in [0.15, 0.2) is 46.9 Å². The van der Waals surface area contributed by atoms with Crippen LogP contribution in [-0.2, 0) is 12.8 Å². The molecule has 0 saturated carbocycles. The van der Waals surface area contributed by atoms with Crippen LogP contribution < -0.4 is 10.5 Å². The summed E-state index contributed by atoms with van der Waals surface area (Å²) in [5, 5.41) is 0. The van der Waals surface area contributed by atoms with Gasteiger partial charge in [-0.05, 0) is 57.6 Å². The summed E-state index contributed by atoms with van der Waals surface area (Å²) in [6, 6.07) is 14.9. The molecule has 0 radical (unpaired) electrons. The van der Waals surface area contributed by atoms with Crippen molar-refractivity contribution in [2.24, 2.45) is 5.73 Å². The zero-order valence-electron chi connectivity index (χ0n) is 11.5. The van der Waals surface area contributed by atoms with Crippen molar-refractivity contribution in [3.63, 3.8) is 0 Å². The van der Waals surface area contributed by atoms with E-state index in [4.69, 9.17) is 10.5 Å². The summed E-state index contributed by atoms with van der Waals surface area (Å²) in [5.41, 5.74) is 10.5. The summed E-state index contributed by atoms with van der Waals surface area (Å²) >= 11 is 3.53. The lowest BCUT2D eigenvalue weighted by molar-refractivity contribution is 0.411. The number of fused-ring (bicyclic) bond motifs is 1. The summed E-state index contributed by atoms with van der Waals surface area (Å²) in [5.74, 6) is 1.35. The fourth-order valence-electron chi connectivity index (χ4n) is 2.93. The van der Waals surface area contributed by atoms with Crippen LogP contribution >= 0.6 is 15.9 Å². The van der Waals surface area contributed by atoms with E-state index in [-0.39, 0.29) is 6.04 Å². The molecule has 1 aliphatic carbocycles. The molecule has 2 aromatic rings. The number of ether oxygens (including phenoxy) is 1. The molecule has 2 aromatic carbocycles. The quantitative estimate of drug-likeness (QED) is 0.927. The first-order valence-electron chi connectivity index (χ1n) is 6.85. The molecule has 0 heterocycles. The highest BCUT2D eigenvalue weighted by molar-refractivity contribution is 9.10. The first-order valence-corrected chi connectivity index (χ1v) is 7.64. The second-order valence-electron chi connectivity index (χ2n) is 5.35. The van der Waals surface area contributed by atoms with Gasteiger partial charge >= 0.3 is 0 Å². The first-order chi connectivity index (χ1) is 9.69.